The summed E-state index contributed by atoms with van der Waals surface area (Å²) in [6, 6.07) is 3.81. The fraction of sp³-hybridized carbons (Fsp3) is 0.581. The maximum absolute atomic E-state index is 13.7. The molecule has 0 bridgehead atoms. The largest absolute Gasteiger partial charge is 0.469 e. The van der Waals surface area contributed by atoms with E-state index in [4.69, 9.17) is 23.7 Å². The number of aliphatic hydroxyl groups is 1. The third-order valence-corrected chi connectivity index (χ3v) is 8.28. The molecule has 0 spiro atoms. The Kier molecular flexibility index (Phi) is 8.16. The smallest absolute Gasteiger partial charge is 0.339 e. The normalized spacial score (nSPS) is 22.5. The third kappa shape index (κ3) is 5.72. The number of carbonyl (C=O) groups is 3. The van der Waals surface area contributed by atoms with Crippen LogP contribution < -0.4 is 9.47 Å². The van der Waals surface area contributed by atoms with E-state index in [1.807, 2.05) is 26.0 Å². The Morgan fingerprint density at radius 3 is 2.63 bits per heavy atom. The zero-order valence-electron chi connectivity index (χ0n) is 24.2. The molecule has 1 aromatic carbocycles. The molecule has 0 unspecified atom stereocenters. The van der Waals surface area contributed by atoms with E-state index in [9.17, 15) is 19.5 Å². The van der Waals surface area contributed by atoms with E-state index in [1.165, 1.54) is 7.11 Å². The first-order chi connectivity index (χ1) is 19.6. The number of hydrogen-bond donors (Lipinski definition) is 1. The molecular weight excluding hydrogens is 530 g/mol. The maximum Gasteiger partial charge on any atom is 0.339 e. The highest BCUT2D eigenvalue weighted by Gasteiger charge is 2.53. The number of hydrogen-bond acceptors (Lipinski definition) is 10. The summed E-state index contributed by atoms with van der Waals surface area (Å²) in [4.78, 5) is 41.8. The Morgan fingerprint density at radius 1 is 1.17 bits per heavy atom. The van der Waals surface area contributed by atoms with E-state index in [0.717, 1.165) is 49.2 Å². The van der Waals surface area contributed by atoms with Crippen molar-refractivity contribution in [3.05, 3.63) is 46.7 Å². The zero-order chi connectivity index (χ0) is 29.4. The van der Waals surface area contributed by atoms with E-state index in [-0.39, 0.29) is 19.0 Å². The third-order valence-electron chi connectivity index (χ3n) is 8.28. The molecule has 0 saturated heterocycles. The first-order valence-electron chi connectivity index (χ1n) is 14.3. The molecule has 3 heterocycles. The summed E-state index contributed by atoms with van der Waals surface area (Å²) < 4.78 is 27.8. The molecule has 10 nitrogen and oxygen atoms in total. The lowest BCUT2D eigenvalue weighted by Gasteiger charge is -2.30. The van der Waals surface area contributed by atoms with Crippen molar-refractivity contribution in [2.75, 3.05) is 33.6 Å². The Bertz CT molecular complexity index is 1280. The number of benzene rings is 1. The molecule has 222 valence electrons. The molecular formula is C31H39NO9. The van der Waals surface area contributed by atoms with Crippen LogP contribution >= 0.6 is 0 Å². The highest BCUT2D eigenvalue weighted by atomic mass is 16.7. The second-order valence-electron chi connectivity index (χ2n) is 11.6. The van der Waals surface area contributed by atoms with Gasteiger partial charge in [0.1, 0.15) is 0 Å². The van der Waals surface area contributed by atoms with Crippen LogP contribution in [-0.2, 0) is 35.0 Å². The number of fused-ring (bicyclic) bond motifs is 3. The molecule has 0 radical (unpaired) electrons. The predicted octanol–water partition coefficient (Wildman–Crippen LogP) is 3.35. The van der Waals surface area contributed by atoms with Crippen molar-refractivity contribution in [2.24, 2.45) is 0 Å². The molecule has 0 saturated carbocycles. The van der Waals surface area contributed by atoms with Gasteiger partial charge >= 0.3 is 11.9 Å². The van der Waals surface area contributed by atoms with Gasteiger partial charge in [0, 0.05) is 37.4 Å². The summed E-state index contributed by atoms with van der Waals surface area (Å²) in [5.74, 6) is -1.40. The van der Waals surface area contributed by atoms with E-state index in [1.54, 1.807) is 12.2 Å². The monoisotopic (exact) mass is 569 g/mol. The molecule has 1 aromatic rings. The first kappa shape index (κ1) is 29.1. The van der Waals surface area contributed by atoms with E-state index in [2.05, 4.69) is 11.8 Å². The van der Waals surface area contributed by atoms with Crippen molar-refractivity contribution in [2.45, 2.75) is 82.5 Å². The number of carbonyl (C=O) groups excluding carboxylic acids is 3. The van der Waals surface area contributed by atoms with Gasteiger partial charge in [-0.05, 0) is 56.4 Å². The minimum Gasteiger partial charge on any atom is -0.469 e. The summed E-state index contributed by atoms with van der Waals surface area (Å²) in [6.45, 7) is 7.97. The van der Waals surface area contributed by atoms with Gasteiger partial charge in [-0.25, -0.2) is 4.79 Å². The number of esters is 2. The van der Waals surface area contributed by atoms with Gasteiger partial charge in [0.05, 0.1) is 25.0 Å². The van der Waals surface area contributed by atoms with Crippen LogP contribution in [0.15, 0.2) is 35.6 Å². The topological polar surface area (TPSA) is 121 Å². The van der Waals surface area contributed by atoms with Gasteiger partial charge in [0.15, 0.2) is 23.2 Å². The van der Waals surface area contributed by atoms with Gasteiger partial charge in [-0.2, -0.15) is 0 Å². The van der Waals surface area contributed by atoms with Crippen LogP contribution in [0.3, 0.4) is 0 Å². The van der Waals surface area contributed by atoms with Crippen LogP contribution in [0.2, 0.25) is 0 Å². The van der Waals surface area contributed by atoms with Crippen LogP contribution in [-0.4, -0.2) is 78.6 Å². The lowest BCUT2D eigenvalue weighted by Crippen LogP contribution is -2.45. The number of methoxy groups -OCH3 is 1. The summed E-state index contributed by atoms with van der Waals surface area (Å²) in [5.41, 5.74) is 0.482. The highest BCUT2D eigenvalue weighted by molar-refractivity contribution is 6.05. The quantitative estimate of drug-likeness (QED) is 0.241. The second kappa shape index (κ2) is 11.5. The standard InChI is InChI=1S/C31H39NO9/c1-5-6-14-40-30(2,3)10-7-11-31(36,17-24(33)37-4)29(35)41-28-25-21-16-23-22(38-18-39-23)15-19(21)8-12-32-13-9-20(26(25)32)27(28)34/h7,10,15-16,25,28,36H,5-6,8-9,11-14,17-18H2,1-4H3/b10-7+/t25-,28-,31+/m0/s1. The molecule has 3 aliphatic heterocycles. The van der Waals surface area contributed by atoms with Gasteiger partial charge in [-0.1, -0.05) is 25.5 Å². The van der Waals surface area contributed by atoms with Crippen LogP contribution in [0.25, 0.3) is 0 Å². The van der Waals surface area contributed by atoms with Crippen molar-refractivity contribution in [1.82, 2.24) is 4.90 Å². The van der Waals surface area contributed by atoms with Crippen LogP contribution in [0.5, 0.6) is 11.5 Å². The average Bonchev–Trinajstić information content (AvgIpc) is 3.60. The molecule has 0 amide bonds. The Balaban J connectivity index is 1.41. The summed E-state index contributed by atoms with van der Waals surface area (Å²) in [7, 11) is 1.19. The first-order valence-corrected chi connectivity index (χ1v) is 14.3. The van der Waals surface area contributed by atoms with Gasteiger partial charge in [0.25, 0.3) is 0 Å². The SMILES string of the molecule is CCCCOC(C)(C)/C=C/C[C@@](O)(CC(=O)OC)C(=O)O[C@@H]1C(=O)C2=C3[C@@H]1c1cc4c(cc1CCN3CC2)OCO4. The number of unbranched alkanes of at least 4 members (excludes halogenated alkanes) is 1. The molecule has 10 heteroatoms. The number of Topliss-reactive ketones (excluding diaryl/α,β-unsaturated/α-hetero) is 1. The van der Waals surface area contributed by atoms with Crippen molar-refractivity contribution in [3.63, 3.8) is 0 Å². The molecule has 41 heavy (non-hydrogen) atoms. The minimum atomic E-state index is -2.24. The lowest BCUT2D eigenvalue weighted by atomic mass is 9.88. The summed E-state index contributed by atoms with van der Waals surface area (Å²) in [5, 5.41) is 11.5. The fourth-order valence-corrected chi connectivity index (χ4v) is 6.04. The number of nitrogens with zero attached hydrogens (tertiary/aromatic N) is 1. The molecule has 1 N–H and O–H groups in total. The summed E-state index contributed by atoms with van der Waals surface area (Å²) >= 11 is 0. The Hall–Kier alpha value is -3.37. The predicted molar refractivity (Wildman–Crippen MR) is 147 cm³/mol. The highest BCUT2D eigenvalue weighted by Crippen LogP contribution is 2.50. The van der Waals surface area contributed by atoms with E-state index < -0.39 is 41.6 Å². The fourth-order valence-electron chi connectivity index (χ4n) is 6.04. The van der Waals surface area contributed by atoms with Crippen molar-refractivity contribution in [1.29, 1.82) is 0 Å². The second-order valence-corrected chi connectivity index (χ2v) is 11.6. The van der Waals surface area contributed by atoms with Crippen molar-refractivity contribution < 1.29 is 43.2 Å². The number of ether oxygens (including phenoxy) is 5. The Labute approximate surface area is 240 Å². The van der Waals surface area contributed by atoms with E-state index in [0.29, 0.717) is 30.1 Å². The number of ketones is 1. The van der Waals surface area contributed by atoms with Gasteiger partial charge in [0.2, 0.25) is 12.6 Å². The van der Waals surface area contributed by atoms with Gasteiger partial charge in [-0.15, -0.1) is 0 Å². The minimum absolute atomic E-state index is 0.120. The Morgan fingerprint density at radius 2 is 1.90 bits per heavy atom. The van der Waals surface area contributed by atoms with Gasteiger partial charge < -0.3 is 33.7 Å². The zero-order valence-corrected chi connectivity index (χ0v) is 24.2. The van der Waals surface area contributed by atoms with Gasteiger partial charge in [-0.3, -0.25) is 9.59 Å². The molecule has 0 fully saturated rings. The molecule has 3 atom stereocenters. The molecule has 4 aliphatic rings. The molecule has 0 aromatic heterocycles. The lowest BCUT2D eigenvalue weighted by molar-refractivity contribution is -0.177. The molecule has 5 rings (SSSR count). The van der Waals surface area contributed by atoms with Crippen LogP contribution in [0.4, 0.5) is 0 Å². The maximum atomic E-state index is 13.7. The molecule has 1 aliphatic carbocycles. The number of rotatable bonds is 11. The summed E-state index contributed by atoms with van der Waals surface area (Å²) in [6.07, 6.45) is 4.55. The van der Waals surface area contributed by atoms with Crippen molar-refractivity contribution >= 4 is 17.7 Å². The van der Waals surface area contributed by atoms with Crippen LogP contribution in [0, 0.1) is 0 Å². The average molecular weight is 570 g/mol. The van der Waals surface area contributed by atoms with Crippen molar-refractivity contribution in [3.8, 4) is 11.5 Å². The van der Waals surface area contributed by atoms with E-state index >= 15 is 0 Å². The van der Waals surface area contributed by atoms with Crippen LogP contribution in [0.1, 0.15) is 69.9 Å².